The van der Waals surface area contributed by atoms with Crippen LogP contribution < -0.4 is 4.74 Å². The van der Waals surface area contributed by atoms with Gasteiger partial charge in [-0.3, -0.25) is 0 Å². The van der Waals surface area contributed by atoms with Crippen molar-refractivity contribution >= 4 is 21.8 Å². The van der Waals surface area contributed by atoms with Gasteiger partial charge in [0.25, 0.3) is 0 Å². The molecule has 2 N–H and O–H groups in total. The fourth-order valence-corrected chi connectivity index (χ4v) is 2.27. The van der Waals surface area contributed by atoms with Crippen molar-refractivity contribution in [1.29, 1.82) is 0 Å². The number of hydrogen-bond donors (Lipinski definition) is 2. The number of aliphatic hydroxyl groups excluding tert-OH is 1. The zero-order valence-electron chi connectivity index (χ0n) is 10.9. The summed E-state index contributed by atoms with van der Waals surface area (Å²) in [5.41, 5.74) is 2.19. The second-order valence-electron chi connectivity index (χ2n) is 4.95. The van der Waals surface area contributed by atoms with E-state index < -0.39 is 0 Å². The summed E-state index contributed by atoms with van der Waals surface area (Å²) in [4.78, 5) is 3.39. The number of aromatic amines is 1. The van der Waals surface area contributed by atoms with Crippen LogP contribution in [0.15, 0.2) is 42.5 Å². The molecule has 1 aromatic heterocycles. The Kier molecular flexibility index (Phi) is 3.13. The maximum absolute atomic E-state index is 9.07. The molecular weight excluding hydrogens is 238 g/mol. The summed E-state index contributed by atoms with van der Waals surface area (Å²) >= 11 is 0. The molecule has 0 saturated heterocycles. The van der Waals surface area contributed by atoms with E-state index in [0.717, 1.165) is 22.2 Å². The van der Waals surface area contributed by atoms with Crippen molar-refractivity contribution in [3.63, 3.8) is 0 Å². The number of para-hydroxylation sites is 1. The Hall–Kier alpha value is -2.00. The van der Waals surface area contributed by atoms with Gasteiger partial charge < -0.3 is 14.8 Å². The molecule has 3 aromatic rings. The van der Waals surface area contributed by atoms with Gasteiger partial charge in [0.2, 0.25) is 0 Å². The topological polar surface area (TPSA) is 45.2 Å². The first-order chi connectivity index (χ1) is 9.29. The fraction of sp³-hybridized carbons (Fsp3) is 0.250. The molecule has 0 aliphatic carbocycles. The number of benzene rings is 2. The van der Waals surface area contributed by atoms with Crippen LogP contribution in [0, 0.1) is 5.92 Å². The van der Waals surface area contributed by atoms with E-state index in [4.69, 9.17) is 9.84 Å². The van der Waals surface area contributed by atoms with Crippen LogP contribution in [0.5, 0.6) is 5.75 Å². The third kappa shape index (κ3) is 2.17. The van der Waals surface area contributed by atoms with Crippen LogP contribution in [0.1, 0.15) is 6.92 Å². The fourth-order valence-electron chi connectivity index (χ4n) is 2.27. The Balaban J connectivity index is 2.08. The molecule has 0 aliphatic rings. The molecule has 19 heavy (non-hydrogen) atoms. The van der Waals surface area contributed by atoms with Crippen molar-refractivity contribution in [2.75, 3.05) is 13.2 Å². The molecule has 0 aliphatic heterocycles. The summed E-state index contributed by atoms with van der Waals surface area (Å²) in [6.07, 6.45) is 0. The molecule has 0 fully saturated rings. The SMILES string of the molecule is C[C@@H](CO)COc1cccc2[nH]c3ccccc3c12. The first-order valence-corrected chi connectivity index (χ1v) is 6.52. The van der Waals surface area contributed by atoms with Crippen molar-refractivity contribution in [3.8, 4) is 5.75 Å². The molecule has 0 amide bonds. The molecule has 3 heteroatoms. The highest BCUT2D eigenvalue weighted by Gasteiger charge is 2.10. The van der Waals surface area contributed by atoms with Crippen molar-refractivity contribution < 1.29 is 9.84 Å². The highest BCUT2D eigenvalue weighted by atomic mass is 16.5. The van der Waals surface area contributed by atoms with Crippen LogP contribution >= 0.6 is 0 Å². The molecule has 2 aromatic carbocycles. The molecule has 1 atom stereocenters. The van der Waals surface area contributed by atoms with Gasteiger partial charge in [-0.05, 0) is 18.2 Å². The van der Waals surface area contributed by atoms with Gasteiger partial charge in [-0.15, -0.1) is 0 Å². The standard InChI is InChI=1S/C16H17NO2/c1-11(9-18)10-19-15-8-4-7-14-16(15)12-5-2-3-6-13(12)17-14/h2-8,11,17-18H,9-10H2,1H3/t11-/m0/s1. The van der Waals surface area contributed by atoms with E-state index in [9.17, 15) is 0 Å². The molecule has 0 bridgehead atoms. The quantitative estimate of drug-likeness (QED) is 0.751. The third-order valence-corrected chi connectivity index (χ3v) is 3.33. The summed E-state index contributed by atoms with van der Waals surface area (Å²) < 4.78 is 5.86. The molecular formula is C16H17NO2. The minimum Gasteiger partial charge on any atom is -0.492 e. The predicted molar refractivity (Wildman–Crippen MR) is 77.5 cm³/mol. The first kappa shape index (κ1) is 12.1. The van der Waals surface area contributed by atoms with Crippen molar-refractivity contribution in [1.82, 2.24) is 4.98 Å². The van der Waals surface area contributed by atoms with Gasteiger partial charge in [-0.2, -0.15) is 0 Å². The summed E-state index contributed by atoms with van der Waals surface area (Å²) in [5, 5.41) is 11.4. The lowest BCUT2D eigenvalue weighted by Crippen LogP contribution is -2.12. The van der Waals surface area contributed by atoms with Gasteiger partial charge in [0.05, 0.1) is 12.1 Å². The van der Waals surface area contributed by atoms with Gasteiger partial charge in [0, 0.05) is 28.8 Å². The van der Waals surface area contributed by atoms with Gasteiger partial charge >= 0.3 is 0 Å². The van der Waals surface area contributed by atoms with Gasteiger partial charge in [0.15, 0.2) is 0 Å². The number of hydrogen-bond acceptors (Lipinski definition) is 2. The molecule has 3 rings (SSSR count). The molecule has 0 unspecified atom stereocenters. The Morgan fingerprint density at radius 3 is 2.74 bits per heavy atom. The maximum atomic E-state index is 9.07. The maximum Gasteiger partial charge on any atom is 0.129 e. The normalized spacial score (nSPS) is 12.9. The van der Waals surface area contributed by atoms with Crippen LogP contribution in [-0.4, -0.2) is 23.3 Å². The van der Waals surface area contributed by atoms with Crippen molar-refractivity contribution in [2.45, 2.75) is 6.92 Å². The zero-order valence-corrected chi connectivity index (χ0v) is 10.9. The van der Waals surface area contributed by atoms with E-state index in [1.54, 1.807) is 0 Å². The average Bonchev–Trinajstić information content (AvgIpc) is 2.83. The van der Waals surface area contributed by atoms with Crippen LogP contribution in [0.3, 0.4) is 0 Å². The van der Waals surface area contributed by atoms with Crippen molar-refractivity contribution in [2.24, 2.45) is 5.92 Å². The second-order valence-corrected chi connectivity index (χ2v) is 4.95. The third-order valence-electron chi connectivity index (χ3n) is 3.33. The lowest BCUT2D eigenvalue weighted by molar-refractivity contribution is 0.175. The Labute approximate surface area is 111 Å². The Morgan fingerprint density at radius 2 is 1.89 bits per heavy atom. The lowest BCUT2D eigenvalue weighted by Gasteiger charge is -2.11. The highest BCUT2D eigenvalue weighted by Crippen LogP contribution is 2.33. The van der Waals surface area contributed by atoms with E-state index in [0.29, 0.717) is 6.61 Å². The monoisotopic (exact) mass is 255 g/mol. The molecule has 0 spiro atoms. The van der Waals surface area contributed by atoms with E-state index in [1.165, 1.54) is 5.39 Å². The minimum atomic E-state index is 0.139. The van der Waals surface area contributed by atoms with E-state index in [-0.39, 0.29) is 12.5 Å². The number of H-pyrrole nitrogens is 1. The van der Waals surface area contributed by atoms with Crippen LogP contribution in [-0.2, 0) is 0 Å². The first-order valence-electron chi connectivity index (χ1n) is 6.52. The zero-order chi connectivity index (χ0) is 13.2. The highest BCUT2D eigenvalue weighted by molar-refractivity contribution is 6.10. The van der Waals surface area contributed by atoms with Gasteiger partial charge in [0.1, 0.15) is 5.75 Å². The molecule has 0 radical (unpaired) electrons. The lowest BCUT2D eigenvalue weighted by atomic mass is 10.1. The number of rotatable bonds is 4. The number of aromatic nitrogens is 1. The van der Waals surface area contributed by atoms with Crippen LogP contribution in [0.25, 0.3) is 21.8 Å². The largest absolute Gasteiger partial charge is 0.492 e. The number of nitrogens with one attached hydrogen (secondary N) is 1. The number of aliphatic hydroxyl groups is 1. The van der Waals surface area contributed by atoms with E-state index in [2.05, 4.69) is 23.2 Å². The van der Waals surface area contributed by atoms with E-state index >= 15 is 0 Å². The molecule has 0 saturated carbocycles. The Morgan fingerprint density at radius 1 is 1.11 bits per heavy atom. The second kappa shape index (κ2) is 4.94. The Bertz CT molecular complexity index is 702. The van der Waals surface area contributed by atoms with Crippen molar-refractivity contribution in [3.05, 3.63) is 42.5 Å². The van der Waals surface area contributed by atoms with Gasteiger partial charge in [-0.25, -0.2) is 0 Å². The molecule has 3 nitrogen and oxygen atoms in total. The average molecular weight is 255 g/mol. The predicted octanol–water partition coefficient (Wildman–Crippen LogP) is 3.33. The number of fused-ring (bicyclic) bond motifs is 3. The minimum absolute atomic E-state index is 0.139. The molecule has 1 heterocycles. The van der Waals surface area contributed by atoms with Crippen LogP contribution in [0.4, 0.5) is 0 Å². The number of ether oxygens (including phenoxy) is 1. The van der Waals surface area contributed by atoms with Crippen LogP contribution in [0.2, 0.25) is 0 Å². The summed E-state index contributed by atoms with van der Waals surface area (Å²) in [6.45, 7) is 2.63. The van der Waals surface area contributed by atoms with E-state index in [1.807, 2.05) is 31.2 Å². The smallest absolute Gasteiger partial charge is 0.129 e. The summed E-state index contributed by atoms with van der Waals surface area (Å²) in [7, 11) is 0. The molecule has 98 valence electrons. The summed E-state index contributed by atoms with van der Waals surface area (Å²) in [5.74, 6) is 1.01. The van der Waals surface area contributed by atoms with Gasteiger partial charge in [-0.1, -0.05) is 31.2 Å². The summed E-state index contributed by atoms with van der Waals surface area (Å²) in [6, 6.07) is 14.2.